The van der Waals surface area contributed by atoms with Gasteiger partial charge in [0, 0.05) is 8.07 Å². The Labute approximate surface area is 398 Å². The van der Waals surface area contributed by atoms with Gasteiger partial charge >= 0.3 is 17.1 Å². The number of hydrogen-bond acceptors (Lipinski definition) is 5. The van der Waals surface area contributed by atoms with Crippen molar-refractivity contribution in [3.05, 3.63) is 60.7 Å². The van der Waals surface area contributed by atoms with Gasteiger partial charge in [0.15, 0.2) is 41.6 Å². The van der Waals surface area contributed by atoms with Crippen LogP contribution in [-0.4, -0.2) is 75.1 Å². The summed E-state index contributed by atoms with van der Waals surface area (Å²) in [5.41, 5.74) is 0. The Morgan fingerprint density at radius 2 is 0.581 bits per heavy atom. The van der Waals surface area contributed by atoms with Crippen molar-refractivity contribution in [3.8, 4) is 0 Å². The number of hydrogen-bond donors (Lipinski definition) is 0. The first-order chi connectivity index (χ1) is 26.7. The SMILES string of the molecule is CC(C)(C)[Si](C)(C)C.CC(C)(C)[Si](C)(C)O[Si](C)(C)C.CC(C)(C)[Si](C)(C)O[Si](C)(C)O[Si](C)(C)c1ccccc1.CC(C)(C)[Si](C)(C)O[Si](C)(O[Si](C)(C)C)c1ccccc1. The van der Waals surface area contributed by atoms with E-state index in [-0.39, 0.29) is 10.1 Å². The zero-order valence-electron chi connectivity index (χ0n) is 47.3. The highest BCUT2D eigenvalue weighted by molar-refractivity contribution is 6.95. The van der Waals surface area contributed by atoms with E-state index in [9.17, 15) is 0 Å². The molecule has 0 fully saturated rings. The Kier molecular flexibility index (Phi) is 23.4. The minimum absolute atomic E-state index is 0.193. The van der Waals surface area contributed by atoms with Crippen LogP contribution in [0.4, 0.5) is 0 Å². The van der Waals surface area contributed by atoms with Gasteiger partial charge < -0.3 is 20.6 Å². The average molecular weight is 1020 g/mol. The zero-order chi connectivity index (χ0) is 50.3. The van der Waals surface area contributed by atoms with Gasteiger partial charge in [-0.15, -0.1) is 0 Å². The molecule has 0 spiro atoms. The lowest BCUT2D eigenvalue weighted by Gasteiger charge is -2.45. The van der Waals surface area contributed by atoms with Gasteiger partial charge in [-0.2, -0.15) is 0 Å². The van der Waals surface area contributed by atoms with Gasteiger partial charge in [-0.05, 0) is 142 Å². The standard InChI is InChI=1S/2C16H32O2Si3.C9H24OSi2.C7H18Si/c1-16(2,3)20(6,7)18-21(8,9)17-19(4,5)15-13-11-10-12-14-15;1-16(2,3)20(7,8)18-21(9,17-19(4,5)6)15-13-11-10-12-14-15;1-9(2,3)12(7,8)10-11(4,5)6;1-7(2,3)8(4,5)6/h2*10-14H,1-9H3;1-8H3;1-6H3. The van der Waals surface area contributed by atoms with E-state index in [1.165, 1.54) is 10.4 Å². The van der Waals surface area contributed by atoms with Crippen LogP contribution in [0, 0.1) is 0 Å². The molecule has 0 aliphatic heterocycles. The fraction of sp³-hybridized carbons (Fsp3) is 0.750. The average Bonchev–Trinajstić information content (AvgIpc) is 2.97. The second-order valence-electron chi connectivity index (χ2n) is 27.1. The summed E-state index contributed by atoms with van der Waals surface area (Å²) >= 11 is 0. The van der Waals surface area contributed by atoms with Crippen molar-refractivity contribution < 1.29 is 20.6 Å². The van der Waals surface area contributed by atoms with Gasteiger partial charge in [-0.1, -0.05) is 163 Å². The van der Waals surface area contributed by atoms with Gasteiger partial charge in [-0.3, -0.25) is 0 Å². The third-order valence-electron chi connectivity index (χ3n) is 12.9. The van der Waals surface area contributed by atoms with Gasteiger partial charge in [0.1, 0.15) is 0 Å². The Morgan fingerprint density at radius 1 is 0.306 bits per heavy atom. The number of benzene rings is 2. The Balaban J connectivity index is 0. The van der Waals surface area contributed by atoms with Crippen LogP contribution in [0.25, 0.3) is 0 Å². The molecule has 1 atom stereocenters. The normalized spacial score (nSPS) is 15.2. The Bertz CT molecular complexity index is 1570. The molecule has 0 heterocycles. The zero-order valence-corrected chi connectivity index (χ0v) is 56.3. The molecule has 2 rings (SSSR count). The molecule has 0 aliphatic carbocycles. The molecule has 0 radical (unpaired) electrons. The van der Waals surface area contributed by atoms with Crippen molar-refractivity contribution in [1.29, 1.82) is 0 Å². The highest BCUT2D eigenvalue weighted by atomic mass is 28.5. The van der Waals surface area contributed by atoms with Gasteiger partial charge in [0.05, 0.1) is 0 Å². The quantitative estimate of drug-likeness (QED) is 0.198. The third kappa shape index (κ3) is 23.8. The summed E-state index contributed by atoms with van der Waals surface area (Å²) in [6, 6.07) is 21.2. The highest BCUT2D eigenvalue weighted by Gasteiger charge is 2.48. The van der Waals surface area contributed by atoms with Crippen molar-refractivity contribution in [3.63, 3.8) is 0 Å². The highest BCUT2D eigenvalue weighted by Crippen LogP contribution is 2.41. The largest absolute Gasteiger partial charge is 0.455 e. The molecule has 364 valence electrons. The summed E-state index contributed by atoms with van der Waals surface area (Å²) < 4.78 is 33.0. The van der Waals surface area contributed by atoms with Crippen molar-refractivity contribution in [2.45, 2.75) is 234 Å². The summed E-state index contributed by atoms with van der Waals surface area (Å²) in [5.74, 6) is 0. The maximum atomic E-state index is 6.84. The van der Waals surface area contributed by atoms with Crippen LogP contribution >= 0.6 is 0 Å². The van der Waals surface area contributed by atoms with E-state index < -0.39 is 75.1 Å². The lowest BCUT2D eigenvalue weighted by molar-refractivity contribution is 0.376. The Hall–Kier alpha value is 0.192. The van der Waals surface area contributed by atoms with Crippen LogP contribution in [0.15, 0.2) is 60.7 Å². The van der Waals surface area contributed by atoms with Crippen LogP contribution in [-0.2, 0) is 20.6 Å². The first kappa shape index (κ1) is 64.3. The molecule has 62 heavy (non-hydrogen) atoms. The predicted octanol–water partition coefficient (Wildman–Crippen LogP) is 16.6. The maximum Gasteiger partial charge on any atom is 0.348 e. The second kappa shape index (κ2) is 22.5. The molecule has 0 aromatic heterocycles. The molecule has 0 aliphatic rings. The molecule has 0 saturated heterocycles. The molecule has 14 heteroatoms. The van der Waals surface area contributed by atoms with E-state index in [0.717, 1.165) is 0 Å². The van der Waals surface area contributed by atoms with E-state index in [1.807, 2.05) is 0 Å². The van der Waals surface area contributed by atoms with Gasteiger partial charge in [-0.25, -0.2) is 0 Å². The summed E-state index contributed by atoms with van der Waals surface area (Å²) in [5, 5.41) is 3.93. The molecular weight excluding hydrogens is 909 g/mol. The molecule has 0 bridgehead atoms. The molecule has 0 N–H and O–H groups in total. The van der Waals surface area contributed by atoms with E-state index in [2.05, 4.69) is 275 Å². The maximum absolute atomic E-state index is 6.84. The molecule has 2 aromatic rings. The van der Waals surface area contributed by atoms with Crippen LogP contribution in [0.5, 0.6) is 0 Å². The van der Waals surface area contributed by atoms with Crippen LogP contribution in [0.3, 0.4) is 0 Å². The van der Waals surface area contributed by atoms with E-state index in [1.54, 1.807) is 0 Å². The van der Waals surface area contributed by atoms with Crippen LogP contribution in [0.1, 0.15) is 83.1 Å². The van der Waals surface area contributed by atoms with Crippen molar-refractivity contribution in [2.75, 3.05) is 0 Å². The summed E-state index contributed by atoms with van der Waals surface area (Å²) in [6.07, 6.45) is 0. The predicted molar refractivity (Wildman–Crippen MR) is 306 cm³/mol. The summed E-state index contributed by atoms with van der Waals surface area (Å²) in [7, 11) is -15.4. The minimum atomic E-state index is -2.38. The van der Waals surface area contributed by atoms with Crippen LogP contribution < -0.4 is 10.4 Å². The first-order valence-electron chi connectivity index (χ1n) is 23.4. The summed E-state index contributed by atoms with van der Waals surface area (Å²) in [6.45, 7) is 73.4. The van der Waals surface area contributed by atoms with Crippen molar-refractivity contribution in [2.24, 2.45) is 0 Å². The molecule has 1 unspecified atom stereocenters. The van der Waals surface area contributed by atoms with E-state index in [4.69, 9.17) is 20.6 Å². The molecule has 0 saturated carbocycles. The third-order valence-corrected chi connectivity index (χ3v) is 51.5. The van der Waals surface area contributed by atoms with E-state index >= 15 is 0 Å². The Morgan fingerprint density at radius 3 is 0.839 bits per heavy atom. The number of rotatable bonds is 12. The lowest BCUT2D eigenvalue weighted by atomic mass is 10.2. The minimum Gasteiger partial charge on any atom is -0.455 e. The van der Waals surface area contributed by atoms with Gasteiger partial charge in [0.25, 0.3) is 0 Å². The molecule has 5 nitrogen and oxygen atoms in total. The second-order valence-corrected chi connectivity index (χ2v) is 68.1. The van der Waals surface area contributed by atoms with Gasteiger partial charge in [0.2, 0.25) is 8.32 Å². The molecule has 2 aromatic carbocycles. The summed E-state index contributed by atoms with van der Waals surface area (Å²) in [4.78, 5) is 0. The first-order valence-corrected chi connectivity index (χ1v) is 50.4. The van der Waals surface area contributed by atoms with Crippen molar-refractivity contribution >= 4 is 85.5 Å². The topological polar surface area (TPSA) is 46.2 Å². The monoisotopic (exact) mass is 1010 g/mol. The molecule has 0 amide bonds. The van der Waals surface area contributed by atoms with Crippen molar-refractivity contribution in [1.82, 2.24) is 0 Å². The van der Waals surface area contributed by atoms with E-state index in [0.29, 0.717) is 10.1 Å². The fourth-order valence-corrected chi connectivity index (χ4v) is 37.8. The van der Waals surface area contributed by atoms with Crippen LogP contribution in [0.2, 0.25) is 151 Å². The lowest BCUT2D eigenvalue weighted by Crippen LogP contribution is -2.62. The molecular formula is C48H106O5Si9. The smallest absolute Gasteiger partial charge is 0.348 e. The fourth-order valence-electron chi connectivity index (χ4n) is 5.32.